The predicted molar refractivity (Wildman–Crippen MR) is 121 cm³/mol. The zero-order valence-electron chi connectivity index (χ0n) is 18.1. The molecule has 7 heteroatoms. The molecule has 0 fully saturated rings. The Morgan fingerprint density at radius 2 is 1.66 bits per heavy atom. The summed E-state index contributed by atoms with van der Waals surface area (Å²) in [6.45, 7) is 12.0. The summed E-state index contributed by atoms with van der Waals surface area (Å²) < 4.78 is 17.6. The summed E-state index contributed by atoms with van der Waals surface area (Å²) in [7, 11) is 0. The standard InChI is InChI=1S/C22H33Cl2NO4/c1-6-17-15-19(27-12-9-20(23)24)16-18(7-2)21(17)28-14-13-26-11-8-10-25-29-22(3,4)5/h9-10,15-16H,6-8,11-14H2,1-5H3/b25-10+. The quantitative estimate of drug-likeness (QED) is 0.209. The van der Waals surface area contributed by atoms with Gasteiger partial charge in [0.05, 0.1) is 13.2 Å². The lowest BCUT2D eigenvalue weighted by Gasteiger charge is -2.17. The number of benzene rings is 1. The van der Waals surface area contributed by atoms with E-state index in [1.807, 2.05) is 32.9 Å². The smallest absolute Gasteiger partial charge is 0.129 e. The van der Waals surface area contributed by atoms with Crippen LogP contribution in [-0.2, 0) is 22.4 Å². The topological polar surface area (TPSA) is 49.3 Å². The molecule has 0 atom stereocenters. The Labute approximate surface area is 184 Å². The molecular formula is C22H33Cl2NO4. The van der Waals surface area contributed by atoms with Gasteiger partial charge in [0.15, 0.2) is 0 Å². The molecule has 0 spiro atoms. The molecule has 29 heavy (non-hydrogen) atoms. The largest absolute Gasteiger partial charge is 0.491 e. The highest BCUT2D eigenvalue weighted by Gasteiger charge is 2.11. The molecule has 0 aliphatic carbocycles. The lowest BCUT2D eigenvalue weighted by molar-refractivity contribution is 0.00124. The van der Waals surface area contributed by atoms with E-state index < -0.39 is 0 Å². The molecule has 0 aliphatic heterocycles. The number of rotatable bonds is 13. The van der Waals surface area contributed by atoms with E-state index in [9.17, 15) is 0 Å². The second kappa shape index (κ2) is 13.7. The summed E-state index contributed by atoms with van der Waals surface area (Å²) in [5.41, 5.74) is 1.94. The molecule has 0 aromatic heterocycles. The Balaban J connectivity index is 2.49. The Morgan fingerprint density at radius 3 is 2.21 bits per heavy atom. The van der Waals surface area contributed by atoms with E-state index in [0.29, 0.717) is 32.8 Å². The molecular weight excluding hydrogens is 413 g/mol. The van der Waals surface area contributed by atoms with E-state index in [2.05, 4.69) is 19.0 Å². The van der Waals surface area contributed by atoms with Crippen LogP contribution in [0.1, 0.15) is 52.2 Å². The minimum atomic E-state index is -0.270. The molecule has 5 nitrogen and oxygen atoms in total. The van der Waals surface area contributed by atoms with Crippen molar-refractivity contribution in [1.82, 2.24) is 0 Å². The summed E-state index contributed by atoms with van der Waals surface area (Å²) in [4.78, 5) is 5.27. The summed E-state index contributed by atoms with van der Waals surface area (Å²) in [5, 5.41) is 3.93. The summed E-state index contributed by atoms with van der Waals surface area (Å²) >= 11 is 11.2. The average molecular weight is 446 g/mol. The number of aryl methyl sites for hydroxylation is 2. The first-order valence-electron chi connectivity index (χ1n) is 9.97. The third-order valence-electron chi connectivity index (χ3n) is 3.73. The van der Waals surface area contributed by atoms with Gasteiger partial charge in [0.2, 0.25) is 0 Å². The third kappa shape index (κ3) is 11.4. The van der Waals surface area contributed by atoms with Gasteiger partial charge in [-0.2, -0.15) is 0 Å². The second-order valence-corrected chi connectivity index (χ2v) is 8.33. The number of halogens is 2. The van der Waals surface area contributed by atoms with Gasteiger partial charge in [-0.05, 0) is 62.9 Å². The molecule has 0 radical (unpaired) electrons. The van der Waals surface area contributed by atoms with Gasteiger partial charge in [-0.15, -0.1) is 0 Å². The first-order valence-corrected chi connectivity index (χ1v) is 10.7. The molecule has 1 aromatic carbocycles. The molecule has 164 valence electrons. The van der Waals surface area contributed by atoms with Gasteiger partial charge in [0.1, 0.15) is 34.8 Å². The molecule has 0 aliphatic rings. The van der Waals surface area contributed by atoms with E-state index in [-0.39, 0.29) is 10.1 Å². The van der Waals surface area contributed by atoms with Gasteiger partial charge in [0.25, 0.3) is 0 Å². The summed E-state index contributed by atoms with van der Waals surface area (Å²) in [6, 6.07) is 3.99. The predicted octanol–water partition coefficient (Wildman–Crippen LogP) is 6.10. The van der Waals surface area contributed by atoms with Gasteiger partial charge in [0, 0.05) is 12.6 Å². The minimum absolute atomic E-state index is 0.199. The van der Waals surface area contributed by atoms with Crippen molar-refractivity contribution in [3.63, 3.8) is 0 Å². The highest BCUT2D eigenvalue weighted by Crippen LogP contribution is 2.31. The van der Waals surface area contributed by atoms with Crippen LogP contribution in [0.5, 0.6) is 11.5 Å². The van der Waals surface area contributed by atoms with E-state index in [1.165, 1.54) is 0 Å². The maximum absolute atomic E-state index is 6.03. The molecule has 0 amide bonds. The molecule has 0 bridgehead atoms. The fraction of sp³-hybridized carbons (Fsp3) is 0.591. The number of nitrogens with zero attached hydrogens (tertiary/aromatic N) is 1. The van der Waals surface area contributed by atoms with Crippen molar-refractivity contribution in [2.24, 2.45) is 5.16 Å². The normalized spacial score (nSPS) is 11.6. The molecule has 0 saturated heterocycles. The molecule has 0 unspecified atom stereocenters. The maximum atomic E-state index is 6.03. The van der Waals surface area contributed by atoms with Gasteiger partial charge in [-0.25, -0.2) is 0 Å². The number of hydrogen-bond donors (Lipinski definition) is 0. The summed E-state index contributed by atoms with van der Waals surface area (Å²) in [6.07, 6.45) is 5.72. The van der Waals surface area contributed by atoms with Crippen LogP contribution >= 0.6 is 23.2 Å². The Kier molecular flexibility index (Phi) is 12.1. The fourth-order valence-electron chi connectivity index (χ4n) is 2.41. The Bertz CT molecular complexity index is 640. The van der Waals surface area contributed by atoms with Crippen molar-refractivity contribution < 1.29 is 19.0 Å². The van der Waals surface area contributed by atoms with Crippen molar-refractivity contribution in [2.75, 3.05) is 26.4 Å². The first-order chi connectivity index (χ1) is 13.8. The number of oxime groups is 1. The lowest BCUT2D eigenvalue weighted by atomic mass is 10.0. The molecule has 1 rings (SSSR count). The van der Waals surface area contributed by atoms with Gasteiger partial charge in [-0.3, -0.25) is 0 Å². The zero-order chi connectivity index (χ0) is 21.7. The Hall–Kier alpha value is -1.43. The van der Waals surface area contributed by atoms with Crippen LogP contribution in [0.15, 0.2) is 27.9 Å². The van der Waals surface area contributed by atoms with E-state index in [4.69, 9.17) is 42.3 Å². The van der Waals surface area contributed by atoms with Crippen LogP contribution in [0.25, 0.3) is 0 Å². The highest BCUT2D eigenvalue weighted by atomic mass is 35.5. The van der Waals surface area contributed by atoms with Crippen molar-refractivity contribution >= 4 is 29.4 Å². The van der Waals surface area contributed by atoms with Crippen LogP contribution in [0.2, 0.25) is 0 Å². The SMILES string of the molecule is CCc1cc(OCC=C(Cl)Cl)cc(CC)c1OCCOCC/C=N/OC(C)(C)C. The van der Waals surface area contributed by atoms with Crippen LogP contribution < -0.4 is 9.47 Å². The van der Waals surface area contributed by atoms with Crippen molar-refractivity contribution in [2.45, 2.75) is 59.5 Å². The van der Waals surface area contributed by atoms with Crippen LogP contribution in [0.4, 0.5) is 0 Å². The lowest BCUT2D eigenvalue weighted by Crippen LogP contribution is -2.15. The number of ether oxygens (including phenoxy) is 3. The molecule has 0 heterocycles. The van der Waals surface area contributed by atoms with E-state index in [1.54, 1.807) is 12.3 Å². The fourth-order valence-corrected chi connectivity index (χ4v) is 2.53. The van der Waals surface area contributed by atoms with Crippen LogP contribution in [-0.4, -0.2) is 38.2 Å². The average Bonchev–Trinajstić information content (AvgIpc) is 2.65. The van der Waals surface area contributed by atoms with Gasteiger partial charge < -0.3 is 19.0 Å². The van der Waals surface area contributed by atoms with E-state index in [0.717, 1.165) is 35.5 Å². The molecule has 0 N–H and O–H groups in total. The Morgan fingerprint density at radius 1 is 1.00 bits per heavy atom. The van der Waals surface area contributed by atoms with Gasteiger partial charge in [-0.1, -0.05) is 42.2 Å². The van der Waals surface area contributed by atoms with Gasteiger partial charge >= 0.3 is 0 Å². The number of hydrogen-bond acceptors (Lipinski definition) is 5. The first kappa shape index (κ1) is 25.6. The van der Waals surface area contributed by atoms with Crippen LogP contribution in [0.3, 0.4) is 0 Å². The van der Waals surface area contributed by atoms with Crippen molar-refractivity contribution in [3.8, 4) is 11.5 Å². The monoisotopic (exact) mass is 445 g/mol. The highest BCUT2D eigenvalue weighted by molar-refractivity contribution is 6.55. The van der Waals surface area contributed by atoms with Crippen molar-refractivity contribution in [3.05, 3.63) is 33.8 Å². The third-order valence-corrected chi connectivity index (χ3v) is 4.04. The molecule has 1 aromatic rings. The summed E-state index contributed by atoms with van der Waals surface area (Å²) in [5.74, 6) is 1.70. The molecule has 0 saturated carbocycles. The zero-order valence-corrected chi connectivity index (χ0v) is 19.6. The van der Waals surface area contributed by atoms with Crippen molar-refractivity contribution in [1.29, 1.82) is 0 Å². The van der Waals surface area contributed by atoms with Crippen LogP contribution in [0, 0.1) is 0 Å². The second-order valence-electron chi connectivity index (χ2n) is 7.32. The maximum Gasteiger partial charge on any atom is 0.129 e. The van der Waals surface area contributed by atoms with E-state index >= 15 is 0 Å². The minimum Gasteiger partial charge on any atom is -0.491 e.